The molecule has 4 nitrogen and oxygen atoms in total. The number of benzene rings is 1. The summed E-state index contributed by atoms with van der Waals surface area (Å²) in [4.78, 5) is 24.8. The summed E-state index contributed by atoms with van der Waals surface area (Å²) < 4.78 is 5.35. The van der Waals surface area contributed by atoms with Gasteiger partial charge < -0.3 is 9.84 Å². The van der Waals surface area contributed by atoms with Crippen molar-refractivity contribution < 1.29 is 19.4 Å². The van der Waals surface area contributed by atoms with E-state index in [1.165, 1.54) is 12.5 Å². The number of hydrogen-bond acceptors (Lipinski definition) is 4. The molecule has 4 heteroatoms. The number of fused-ring (bicyclic) bond motifs is 1. The lowest BCUT2D eigenvalue weighted by molar-refractivity contribution is -0.142. The number of aliphatic hydroxyl groups is 1. The Kier molecular flexibility index (Phi) is 6.69. The molecule has 3 rings (SSSR count). The number of aliphatic hydroxyl groups excluding tert-OH is 1. The van der Waals surface area contributed by atoms with Crippen molar-refractivity contribution in [3.63, 3.8) is 0 Å². The molecule has 6 atom stereocenters. The first kappa shape index (κ1) is 20.1. The number of esters is 1. The standard InChI is InChI=1S/C23H32O4/c1-3-4-6-11-19-20(16-9-7-5-8-10-16)21-18(14-27-15(2)25)12-17(13-24)22(21)23(19)26/h5,7-10,17-22,24H,3-4,6,11-14H2,1-2H3/t17-,18+,19+,20+,21-,22-/m1/s1. The lowest BCUT2D eigenvalue weighted by atomic mass is 9.76. The second-order valence-corrected chi connectivity index (χ2v) is 8.29. The Morgan fingerprint density at radius 2 is 1.89 bits per heavy atom. The van der Waals surface area contributed by atoms with E-state index in [0.29, 0.717) is 12.4 Å². The highest BCUT2D eigenvalue weighted by molar-refractivity contribution is 5.88. The highest BCUT2D eigenvalue weighted by atomic mass is 16.5. The van der Waals surface area contributed by atoms with Gasteiger partial charge in [0.25, 0.3) is 0 Å². The van der Waals surface area contributed by atoms with Gasteiger partial charge in [0, 0.05) is 25.4 Å². The van der Waals surface area contributed by atoms with Crippen LogP contribution in [0, 0.1) is 29.6 Å². The maximum atomic E-state index is 13.4. The Hall–Kier alpha value is -1.68. The number of carbonyl (C=O) groups excluding carboxylic acids is 2. The van der Waals surface area contributed by atoms with E-state index in [1.807, 2.05) is 18.2 Å². The molecule has 2 fully saturated rings. The van der Waals surface area contributed by atoms with E-state index in [4.69, 9.17) is 4.74 Å². The van der Waals surface area contributed by atoms with Gasteiger partial charge in [-0.25, -0.2) is 0 Å². The predicted molar refractivity (Wildman–Crippen MR) is 104 cm³/mol. The molecule has 0 radical (unpaired) electrons. The zero-order chi connectivity index (χ0) is 19.4. The molecule has 0 heterocycles. The van der Waals surface area contributed by atoms with Crippen molar-refractivity contribution in [2.45, 2.75) is 51.9 Å². The molecule has 1 aromatic rings. The zero-order valence-corrected chi connectivity index (χ0v) is 16.5. The number of Topliss-reactive ketones (excluding diaryl/α,β-unsaturated/α-hetero) is 1. The minimum atomic E-state index is -0.279. The highest BCUT2D eigenvalue weighted by Crippen LogP contribution is 2.58. The highest BCUT2D eigenvalue weighted by Gasteiger charge is 2.58. The molecule has 27 heavy (non-hydrogen) atoms. The van der Waals surface area contributed by atoms with Crippen LogP contribution in [0.15, 0.2) is 30.3 Å². The van der Waals surface area contributed by atoms with E-state index in [0.717, 1.165) is 32.1 Å². The Morgan fingerprint density at radius 1 is 1.15 bits per heavy atom. The number of hydrogen-bond donors (Lipinski definition) is 1. The van der Waals surface area contributed by atoms with Gasteiger partial charge in [0.1, 0.15) is 5.78 Å². The van der Waals surface area contributed by atoms with Crippen molar-refractivity contribution in [2.75, 3.05) is 13.2 Å². The van der Waals surface area contributed by atoms with Gasteiger partial charge in [0.15, 0.2) is 0 Å². The van der Waals surface area contributed by atoms with Crippen LogP contribution in [0.25, 0.3) is 0 Å². The fraction of sp³-hybridized carbons (Fsp3) is 0.652. The van der Waals surface area contributed by atoms with Gasteiger partial charge in [-0.05, 0) is 42.1 Å². The first-order valence-corrected chi connectivity index (χ1v) is 10.4. The van der Waals surface area contributed by atoms with Crippen molar-refractivity contribution in [1.82, 2.24) is 0 Å². The van der Waals surface area contributed by atoms with Gasteiger partial charge >= 0.3 is 5.97 Å². The van der Waals surface area contributed by atoms with Crippen molar-refractivity contribution in [2.24, 2.45) is 29.6 Å². The fourth-order valence-electron chi connectivity index (χ4n) is 5.59. The first-order chi connectivity index (χ1) is 13.1. The van der Waals surface area contributed by atoms with E-state index in [1.54, 1.807) is 0 Å². The molecular formula is C23H32O4. The average molecular weight is 373 g/mol. The predicted octanol–water partition coefficient (Wildman–Crippen LogP) is 3.97. The number of rotatable bonds is 8. The minimum Gasteiger partial charge on any atom is -0.466 e. The molecule has 0 saturated heterocycles. The SMILES string of the molecule is CCCCC[C@@H]1C(=O)[C@@H]2[C@@H](CO)C[C@@H](COC(C)=O)[C@@H]2[C@H]1c1ccccc1. The van der Waals surface area contributed by atoms with Gasteiger partial charge in [-0.3, -0.25) is 9.59 Å². The first-order valence-electron chi connectivity index (χ1n) is 10.4. The summed E-state index contributed by atoms with van der Waals surface area (Å²) in [6.07, 6.45) is 5.01. The summed E-state index contributed by atoms with van der Waals surface area (Å²) in [6, 6.07) is 10.3. The number of ketones is 1. The Balaban J connectivity index is 1.92. The molecular weight excluding hydrogens is 340 g/mol. The van der Waals surface area contributed by atoms with Crippen LogP contribution in [0.5, 0.6) is 0 Å². The van der Waals surface area contributed by atoms with E-state index >= 15 is 0 Å². The monoisotopic (exact) mass is 372 g/mol. The van der Waals surface area contributed by atoms with Crippen LogP contribution in [0.2, 0.25) is 0 Å². The summed E-state index contributed by atoms with van der Waals surface area (Å²) >= 11 is 0. The lowest BCUT2D eigenvalue weighted by Gasteiger charge is -2.28. The van der Waals surface area contributed by atoms with E-state index < -0.39 is 0 Å². The van der Waals surface area contributed by atoms with Crippen LogP contribution in [0.4, 0.5) is 0 Å². The molecule has 2 aliphatic rings. The molecule has 0 amide bonds. The molecule has 148 valence electrons. The van der Waals surface area contributed by atoms with Crippen LogP contribution >= 0.6 is 0 Å². The van der Waals surface area contributed by atoms with E-state index in [9.17, 15) is 14.7 Å². The van der Waals surface area contributed by atoms with Crippen molar-refractivity contribution in [3.05, 3.63) is 35.9 Å². The smallest absolute Gasteiger partial charge is 0.302 e. The van der Waals surface area contributed by atoms with Crippen molar-refractivity contribution >= 4 is 11.8 Å². The lowest BCUT2D eigenvalue weighted by Crippen LogP contribution is -2.24. The summed E-state index contributed by atoms with van der Waals surface area (Å²) in [5.74, 6) is 0.413. The Labute approximate surface area is 162 Å². The van der Waals surface area contributed by atoms with Gasteiger partial charge in [-0.2, -0.15) is 0 Å². The largest absolute Gasteiger partial charge is 0.466 e. The topological polar surface area (TPSA) is 63.6 Å². The second kappa shape index (κ2) is 9.01. The number of ether oxygens (including phenoxy) is 1. The number of unbranched alkanes of at least 4 members (excludes halogenated alkanes) is 2. The molecule has 1 aromatic carbocycles. The van der Waals surface area contributed by atoms with Crippen LogP contribution in [-0.4, -0.2) is 30.1 Å². The van der Waals surface area contributed by atoms with Gasteiger partial charge in [0.05, 0.1) is 6.61 Å². The van der Waals surface area contributed by atoms with Crippen LogP contribution in [0.1, 0.15) is 57.4 Å². The van der Waals surface area contributed by atoms with Crippen molar-refractivity contribution in [1.29, 1.82) is 0 Å². The summed E-state index contributed by atoms with van der Waals surface area (Å²) in [7, 11) is 0. The van der Waals surface area contributed by atoms with Crippen LogP contribution < -0.4 is 0 Å². The third-order valence-corrected chi connectivity index (χ3v) is 6.65. The number of carbonyl (C=O) groups is 2. The summed E-state index contributed by atoms with van der Waals surface area (Å²) in [5, 5.41) is 9.92. The van der Waals surface area contributed by atoms with E-state index in [2.05, 4.69) is 19.1 Å². The summed E-state index contributed by atoms with van der Waals surface area (Å²) in [6.45, 7) is 3.99. The third-order valence-electron chi connectivity index (χ3n) is 6.65. The Bertz CT molecular complexity index is 641. The van der Waals surface area contributed by atoms with E-state index in [-0.39, 0.29) is 48.1 Å². The summed E-state index contributed by atoms with van der Waals surface area (Å²) in [5.41, 5.74) is 1.21. The Morgan fingerprint density at radius 3 is 2.52 bits per heavy atom. The van der Waals surface area contributed by atoms with Gasteiger partial charge in [-0.1, -0.05) is 56.5 Å². The molecule has 2 saturated carbocycles. The van der Waals surface area contributed by atoms with Crippen LogP contribution in [0.3, 0.4) is 0 Å². The zero-order valence-electron chi connectivity index (χ0n) is 16.5. The molecule has 0 aliphatic heterocycles. The minimum absolute atomic E-state index is 0.00885. The average Bonchev–Trinajstić information content (AvgIpc) is 3.17. The molecule has 1 N–H and O–H groups in total. The molecule has 0 spiro atoms. The normalized spacial score (nSPS) is 32.5. The molecule has 0 unspecified atom stereocenters. The molecule has 0 bridgehead atoms. The van der Waals surface area contributed by atoms with Crippen LogP contribution in [-0.2, 0) is 14.3 Å². The van der Waals surface area contributed by atoms with Gasteiger partial charge in [-0.15, -0.1) is 0 Å². The maximum Gasteiger partial charge on any atom is 0.302 e. The molecule has 0 aromatic heterocycles. The second-order valence-electron chi connectivity index (χ2n) is 8.29. The maximum absolute atomic E-state index is 13.4. The van der Waals surface area contributed by atoms with Gasteiger partial charge in [0.2, 0.25) is 0 Å². The quantitative estimate of drug-likeness (QED) is 0.554. The fourth-order valence-corrected chi connectivity index (χ4v) is 5.59. The third kappa shape index (κ3) is 4.11. The van der Waals surface area contributed by atoms with Crippen molar-refractivity contribution in [3.8, 4) is 0 Å². The molecule has 2 aliphatic carbocycles.